The van der Waals surface area contributed by atoms with E-state index in [9.17, 15) is 4.79 Å². The van der Waals surface area contributed by atoms with Crippen molar-refractivity contribution in [3.05, 3.63) is 167 Å². The second-order valence-electron chi connectivity index (χ2n) is 11.9. The van der Waals surface area contributed by atoms with Gasteiger partial charge < -0.3 is 19.9 Å². The van der Waals surface area contributed by atoms with Gasteiger partial charge in [0.05, 0.1) is 6.61 Å². The van der Waals surface area contributed by atoms with Gasteiger partial charge in [-0.05, 0) is 70.6 Å². The number of aliphatic hydroxyl groups is 1. The summed E-state index contributed by atoms with van der Waals surface area (Å²) in [6, 6.07) is 43.5. The zero-order valence-corrected chi connectivity index (χ0v) is 27.9. The van der Waals surface area contributed by atoms with E-state index >= 15 is 0 Å². The first kappa shape index (κ1) is 33.7. The zero-order chi connectivity index (χ0) is 33.9. The van der Waals surface area contributed by atoms with Gasteiger partial charge in [0.2, 0.25) is 5.90 Å². The molecule has 0 saturated heterocycles. The monoisotopic (exact) mass is 670 g/mol. The summed E-state index contributed by atoms with van der Waals surface area (Å²) < 4.78 is 12.4. The first-order valence-corrected chi connectivity index (χ1v) is 16.9. The van der Waals surface area contributed by atoms with Crippen LogP contribution in [0, 0.1) is 0 Å². The minimum atomic E-state index is -1.29. The highest BCUT2D eigenvalue weighted by Crippen LogP contribution is 2.43. The molecule has 1 heterocycles. The number of benzene rings is 5. The number of aliphatic hydroxyl groups excluding tert-OH is 1. The van der Waals surface area contributed by atoms with Crippen LogP contribution in [0.4, 0.5) is 0 Å². The Hall–Kier alpha value is -5.17. The first-order chi connectivity index (χ1) is 24.0. The molecule has 1 aliphatic rings. The summed E-state index contributed by atoms with van der Waals surface area (Å²) in [4.78, 5) is 19.7. The minimum absolute atomic E-state index is 0.0679. The number of nitrogens with one attached hydrogen (secondary N) is 1. The fourth-order valence-electron chi connectivity index (χ4n) is 5.90. The molecule has 7 heteroatoms. The molecule has 6 nitrogen and oxygen atoms in total. The fraction of sp³-hybridized carbons (Fsp3) is 0.190. The van der Waals surface area contributed by atoms with Gasteiger partial charge in [-0.3, -0.25) is 4.79 Å². The molecule has 0 fully saturated rings. The van der Waals surface area contributed by atoms with Crippen molar-refractivity contribution in [3.63, 3.8) is 0 Å². The Kier molecular flexibility index (Phi) is 11.2. The maximum Gasteiger partial charge on any atom is 0.252 e. The van der Waals surface area contributed by atoms with E-state index in [1.807, 2.05) is 121 Å². The fourth-order valence-corrected chi connectivity index (χ4v) is 6.11. The predicted molar refractivity (Wildman–Crippen MR) is 197 cm³/mol. The molecule has 5 aromatic carbocycles. The van der Waals surface area contributed by atoms with Crippen LogP contribution < -0.4 is 10.1 Å². The lowest BCUT2D eigenvalue weighted by atomic mass is 9.83. The lowest BCUT2D eigenvalue weighted by molar-refractivity contribution is -0.128. The molecule has 0 aromatic heterocycles. The molecule has 0 bridgehead atoms. The summed E-state index contributed by atoms with van der Waals surface area (Å²) in [5.74, 6) is 0.847. The van der Waals surface area contributed by atoms with Crippen LogP contribution in [0.3, 0.4) is 0 Å². The van der Waals surface area contributed by atoms with E-state index in [-0.39, 0.29) is 12.5 Å². The van der Waals surface area contributed by atoms with E-state index in [4.69, 9.17) is 31.2 Å². The van der Waals surface area contributed by atoms with E-state index in [1.54, 1.807) is 0 Å². The smallest absolute Gasteiger partial charge is 0.252 e. The van der Waals surface area contributed by atoms with Crippen molar-refractivity contribution in [2.45, 2.75) is 30.9 Å². The van der Waals surface area contributed by atoms with Crippen molar-refractivity contribution < 1.29 is 19.4 Å². The van der Waals surface area contributed by atoms with E-state index < -0.39 is 11.6 Å². The van der Waals surface area contributed by atoms with Crippen molar-refractivity contribution in [3.8, 4) is 16.9 Å². The summed E-state index contributed by atoms with van der Waals surface area (Å²) in [6.45, 7) is 0.896. The molecule has 5 aromatic rings. The SMILES string of the molecule is O=C(NCCc1cccc(Cl)c1)[C@]1(C/C=C/c2ccccc2)N=C(c2ccc(OCCCO)cc2)O[C@@H]1c1ccc(-c2ccccc2)cc1. The Morgan fingerprint density at radius 1 is 0.857 bits per heavy atom. The maximum atomic E-state index is 14.5. The highest BCUT2D eigenvalue weighted by atomic mass is 35.5. The quantitative estimate of drug-likeness (QED) is 0.116. The molecule has 1 aliphatic heterocycles. The number of carbonyl (C=O) groups is 1. The van der Waals surface area contributed by atoms with Gasteiger partial charge in [-0.1, -0.05) is 121 Å². The van der Waals surface area contributed by atoms with Crippen LogP contribution in [0.1, 0.15) is 41.2 Å². The largest absolute Gasteiger partial charge is 0.494 e. The highest BCUT2D eigenvalue weighted by Gasteiger charge is 2.52. The van der Waals surface area contributed by atoms with Crippen molar-refractivity contribution in [1.82, 2.24) is 5.32 Å². The zero-order valence-electron chi connectivity index (χ0n) is 27.2. The average Bonchev–Trinajstić information content (AvgIpc) is 3.54. The second kappa shape index (κ2) is 16.3. The van der Waals surface area contributed by atoms with Crippen molar-refractivity contribution in [1.29, 1.82) is 0 Å². The van der Waals surface area contributed by atoms with Crippen LogP contribution in [-0.4, -0.2) is 42.2 Å². The molecule has 6 rings (SSSR count). The summed E-state index contributed by atoms with van der Waals surface area (Å²) in [7, 11) is 0. The van der Waals surface area contributed by atoms with Gasteiger partial charge in [0, 0.05) is 36.6 Å². The number of hydrogen-bond donors (Lipinski definition) is 2. The van der Waals surface area contributed by atoms with E-state index in [0.717, 1.165) is 33.4 Å². The molecule has 0 unspecified atom stereocenters. The van der Waals surface area contributed by atoms with Crippen LogP contribution in [-0.2, 0) is 16.0 Å². The Balaban J connectivity index is 1.35. The van der Waals surface area contributed by atoms with Gasteiger partial charge in [0.15, 0.2) is 11.6 Å². The average molecular weight is 671 g/mol. The van der Waals surface area contributed by atoms with Crippen molar-refractivity contribution >= 4 is 29.5 Å². The van der Waals surface area contributed by atoms with Crippen LogP contribution in [0.25, 0.3) is 17.2 Å². The molecule has 0 spiro atoms. The molecule has 2 N–H and O–H groups in total. The topological polar surface area (TPSA) is 80.2 Å². The third-order valence-corrected chi connectivity index (χ3v) is 8.71. The maximum absolute atomic E-state index is 14.5. The summed E-state index contributed by atoms with van der Waals surface area (Å²) >= 11 is 6.23. The van der Waals surface area contributed by atoms with Crippen LogP contribution in [0.5, 0.6) is 5.75 Å². The van der Waals surface area contributed by atoms with Gasteiger partial charge in [-0.15, -0.1) is 0 Å². The predicted octanol–water partition coefficient (Wildman–Crippen LogP) is 8.49. The number of ether oxygens (including phenoxy) is 2. The molecule has 0 aliphatic carbocycles. The summed E-state index contributed by atoms with van der Waals surface area (Å²) in [6.07, 6.45) is 4.80. The van der Waals surface area contributed by atoms with E-state index in [0.29, 0.717) is 49.1 Å². The molecule has 49 heavy (non-hydrogen) atoms. The number of halogens is 1. The van der Waals surface area contributed by atoms with Crippen LogP contribution in [0.2, 0.25) is 5.02 Å². The second-order valence-corrected chi connectivity index (χ2v) is 12.4. The molecule has 248 valence electrons. The van der Waals surface area contributed by atoms with Gasteiger partial charge in [0.1, 0.15) is 5.75 Å². The van der Waals surface area contributed by atoms with Crippen LogP contribution in [0.15, 0.2) is 145 Å². The Bertz CT molecular complexity index is 1880. The summed E-state index contributed by atoms with van der Waals surface area (Å²) in [5.41, 5.74) is 4.53. The third kappa shape index (κ3) is 8.47. The van der Waals surface area contributed by atoms with Gasteiger partial charge in [-0.25, -0.2) is 4.99 Å². The van der Waals surface area contributed by atoms with Gasteiger partial charge in [-0.2, -0.15) is 0 Å². The number of aliphatic imine (C=N–C) groups is 1. The Morgan fingerprint density at radius 3 is 2.27 bits per heavy atom. The highest BCUT2D eigenvalue weighted by molar-refractivity contribution is 6.30. The minimum Gasteiger partial charge on any atom is -0.494 e. The van der Waals surface area contributed by atoms with E-state index in [1.165, 1.54) is 0 Å². The van der Waals surface area contributed by atoms with Crippen LogP contribution >= 0.6 is 11.6 Å². The van der Waals surface area contributed by atoms with Crippen molar-refractivity contribution in [2.24, 2.45) is 4.99 Å². The summed E-state index contributed by atoms with van der Waals surface area (Å²) in [5, 5.41) is 13.0. The van der Waals surface area contributed by atoms with E-state index in [2.05, 4.69) is 29.6 Å². The standard InChI is InChI=1S/C42H39ClN2O4/c43-37-16-7-12-32(30-37)25-27-44-41(47)42(26-8-13-31-10-3-1-4-11-31)39(35-19-17-34(18-20-35)33-14-5-2-6-15-33)49-40(45-42)36-21-23-38(24-22-36)48-29-9-28-46/h1-8,10-24,30,39,46H,9,25-29H2,(H,44,47)/b13-8+/t39-,42-/m1/s1. The number of amides is 1. The number of rotatable bonds is 14. The van der Waals surface area contributed by atoms with Gasteiger partial charge >= 0.3 is 0 Å². The first-order valence-electron chi connectivity index (χ1n) is 16.5. The molecular weight excluding hydrogens is 632 g/mol. The number of carbonyl (C=O) groups excluding carboxylic acids is 1. The van der Waals surface area contributed by atoms with Crippen molar-refractivity contribution in [2.75, 3.05) is 19.8 Å². The Morgan fingerprint density at radius 2 is 1.55 bits per heavy atom. The Labute approximate surface area is 292 Å². The third-order valence-electron chi connectivity index (χ3n) is 8.48. The lowest BCUT2D eigenvalue weighted by Gasteiger charge is -2.30. The molecule has 1 amide bonds. The molecule has 0 saturated carbocycles. The normalized spacial score (nSPS) is 17.0. The number of hydrogen-bond acceptors (Lipinski definition) is 5. The number of nitrogens with zero attached hydrogens (tertiary/aromatic N) is 1. The lowest BCUT2D eigenvalue weighted by Crippen LogP contribution is -2.48. The molecular formula is C42H39ClN2O4. The molecule has 2 atom stereocenters. The molecule has 0 radical (unpaired) electrons. The van der Waals surface area contributed by atoms with Gasteiger partial charge in [0.25, 0.3) is 5.91 Å².